The number of carbonyl (C=O) groups is 1. The van der Waals surface area contributed by atoms with Crippen molar-refractivity contribution in [1.29, 1.82) is 0 Å². The maximum absolute atomic E-state index is 13.9. The van der Waals surface area contributed by atoms with Crippen LogP contribution in [0.15, 0.2) is 42.9 Å². The van der Waals surface area contributed by atoms with Gasteiger partial charge in [-0.1, -0.05) is 11.6 Å². The highest BCUT2D eigenvalue weighted by Gasteiger charge is 2.18. The van der Waals surface area contributed by atoms with E-state index in [1.165, 1.54) is 30.3 Å². The van der Waals surface area contributed by atoms with E-state index in [1.54, 1.807) is 40.9 Å². The van der Waals surface area contributed by atoms with Crippen molar-refractivity contribution < 1.29 is 13.9 Å². The summed E-state index contributed by atoms with van der Waals surface area (Å²) in [6.07, 6.45) is 3.03. The molecular formula is C22H23ClFN9O2. The zero-order valence-electron chi connectivity index (χ0n) is 19.3. The number of urea groups is 1. The zero-order valence-corrected chi connectivity index (χ0v) is 20.1. The minimum atomic E-state index is -0.569. The summed E-state index contributed by atoms with van der Waals surface area (Å²) < 4.78 is 22.1. The number of ether oxygens (including phenoxy) is 1. The molecule has 0 fully saturated rings. The van der Waals surface area contributed by atoms with Crippen molar-refractivity contribution in [3.63, 3.8) is 0 Å². The molecule has 1 aromatic carbocycles. The van der Waals surface area contributed by atoms with Gasteiger partial charge >= 0.3 is 6.03 Å². The lowest BCUT2D eigenvalue weighted by atomic mass is 10.3. The Kier molecular flexibility index (Phi) is 7.20. The van der Waals surface area contributed by atoms with Gasteiger partial charge in [0, 0.05) is 18.7 Å². The van der Waals surface area contributed by atoms with Gasteiger partial charge in [-0.25, -0.2) is 33.5 Å². The molecule has 35 heavy (non-hydrogen) atoms. The molecule has 4 rings (SSSR count). The number of aromatic nitrogens is 7. The lowest BCUT2D eigenvalue weighted by Gasteiger charge is -2.21. The third-order valence-electron chi connectivity index (χ3n) is 5.12. The highest BCUT2D eigenvalue weighted by molar-refractivity contribution is 6.30. The number of nitrogens with zero attached hydrogens (tertiary/aromatic N) is 8. The van der Waals surface area contributed by atoms with E-state index in [0.29, 0.717) is 41.3 Å². The molecule has 13 heteroatoms. The van der Waals surface area contributed by atoms with Crippen LogP contribution in [0.1, 0.15) is 24.4 Å². The van der Waals surface area contributed by atoms with Crippen LogP contribution in [0.25, 0.3) is 11.4 Å². The van der Waals surface area contributed by atoms with Gasteiger partial charge in [0.25, 0.3) is 0 Å². The lowest BCUT2D eigenvalue weighted by molar-refractivity contribution is 0.195. The van der Waals surface area contributed by atoms with Crippen LogP contribution in [0.5, 0.6) is 5.88 Å². The Morgan fingerprint density at radius 2 is 1.97 bits per heavy atom. The second-order valence-corrected chi connectivity index (χ2v) is 7.81. The highest BCUT2D eigenvalue weighted by Crippen LogP contribution is 2.19. The normalized spacial score (nSPS) is 10.9. The van der Waals surface area contributed by atoms with Gasteiger partial charge in [0.05, 0.1) is 42.8 Å². The van der Waals surface area contributed by atoms with Gasteiger partial charge < -0.3 is 15.0 Å². The van der Waals surface area contributed by atoms with E-state index in [-0.39, 0.29) is 24.1 Å². The van der Waals surface area contributed by atoms with E-state index in [2.05, 4.69) is 30.5 Å². The Morgan fingerprint density at radius 1 is 1.17 bits per heavy atom. The summed E-state index contributed by atoms with van der Waals surface area (Å²) in [5.74, 6) is 1.40. The fourth-order valence-corrected chi connectivity index (χ4v) is 3.49. The van der Waals surface area contributed by atoms with Crippen molar-refractivity contribution >= 4 is 17.6 Å². The van der Waals surface area contributed by atoms with E-state index < -0.39 is 5.82 Å². The molecule has 11 nitrogen and oxygen atoms in total. The predicted octanol–water partition coefficient (Wildman–Crippen LogP) is 3.08. The molecule has 0 unspecified atom stereocenters. The molecule has 4 aromatic rings. The van der Waals surface area contributed by atoms with Gasteiger partial charge in [-0.15, -0.1) is 0 Å². The van der Waals surface area contributed by atoms with E-state index >= 15 is 0 Å². The minimum Gasteiger partial charge on any atom is -0.481 e. The second kappa shape index (κ2) is 10.5. The van der Waals surface area contributed by atoms with Gasteiger partial charge in [0.1, 0.15) is 18.0 Å². The molecule has 0 aliphatic carbocycles. The van der Waals surface area contributed by atoms with Crippen LogP contribution in [0.2, 0.25) is 5.02 Å². The lowest BCUT2D eigenvalue weighted by Crippen LogP contribution is -2.40. The smallest absolute Gasteiger partial charge is 0.318 e. The summed E-state index contributed by atoms with van der Waals surface area (Å²) in [6, 6.07) is 7.53. The van der Waals surface area contributed by atoms with E-state index in [0.717, 1.165) is 0 Å². The SMILES string of the molecule is CCN(Cc1ncnn1-c1ccc(OC)nc1)C(=O)NCc1nc(C)nn1-c1ccc(Cl)c(F)c1. The Hall–Kier alpha value is -4.06. The van der Waals surface area contributed by atoms with Crippen molar-refractivity contribution in [3.8, 4) is 17.3 Å². The molecule has 0 saturated heterocycles. The summed E-state index contributed by atoms with van der Waals surface area (Å²) in [4.78, 5) is 27.4. The first kappa shape index (κ1) is 24.1. The van der Waals surface area contributed by atoms with Crippen LogP contribution in [-0.4, -0.2) is 59.1 Å². The topological polar surface area (TPSA) is 116 Å². The number of methoxy groups -OCH3 is 1. The number of pyridine rings is 1. The van der Waals surface area contributed by atoms with Crippen LogP contribution >= 0.6 is 11.6 Å². The molecule has 0 radical (unpaired) electrons. The average Bonchev–Trinajstić information content (AvgIpc) is 3.48. The molecule has 1 N–H and O–H groups in total. The standard InChI is InChI=1S/C22H23ClFN9O2/c1-4-31(12-20-27-13-28-32(20)16-6-8-21(35-3)25-10-16)22(34)26-11-19-29-14(2)30-33(19)15-5-7-17(23)18(24)9-15/h5-10,13H,4,11-12H2,1-3H3,(H,26,34). The Labute approximate surface area is 205 Å². The van der Waals surface area contributed by atoms with Gasteiger partial charge in [0.15, 0.2) is 11.6 Å². The number of halogens is 2. The average molecular weight is 500 g/mol. The maximum Gasteiger partial charge on any atom is 0.318 e. The molecule has 182 valence electrons. The third-order valence-corrected chi connectivity index (χ3v) is 5.43. The van der Waals surface area contributed by atoms with E-state index in [1.807, 2.05) is 6.92 Å². The van der Waals surface area contributed by atoms with Crippen molar-refractivity contribution in [1.82, 2.24) is 44.7 Å². The number of hydrogen-bond acceptors (Lipinski definition) is 7. The number of rotatable bonds is 8. The number of nitrogens with one attached hydrogen (secondary N) is 1. The zero-order chi connectivity index (χ0) is 24.9. The largest absolute Gasteiger partial charge is 0.481 e. The molecule has 0 saturated carbocycles. The first-order valence-corrected chi connectivity index (χ1v) is 11.1. The number of hydrogen-bond donors (Lipinski definition) is 1. The molecule has 0 bridgehead atoms. The van der Waals surface area contributed by atoms with Gasteiger partial charge in [-0.2, -0.15) is 10.2 Å². The van der Waals surface area contributed by atoms with Crippen LogP contribution < -0.4 is 10.1 Å². The summed E-state index contributed by atoms with van der Waals surface area (Å²) in [5.41, 5.74) is 1.14. The first-order valence-electron chi connectivity index (χ1n) is 10.7. The van der Waals surface area contributed by atoms with Crippen LogP contribution in [0.3, 0.4) is 0 Å². The Balaban J connectivity index is 1.46. The van der Waals surface area contributed by atoms with Gasteiger partial charge in [-0.05, 0) is 32.0 Å². The number of aryl methyl sites for hydroxylation is 1. The van der Waals surface area contributed by atoms with Crippen LogP contribution in [0.4, 0.5) is 9.18 Å². The Morgan fingerprint density at radius 3 is 2.66 bits per heavy atom. The first-order chi connectivity index (χ1) is 16.9. The molecular weight excluding hydrogens is 477 g/mol. The molecule has 2 amide bonds. The summed E-state index contributed by atoms with van der Waals surface area (Å²) in [7, 11) is 1.54. The third kappa shape index (κ3) is 5.38. The van der Waals surface area contributed by atoms with Crippen molar-refractivity contribution in [3.05, 3.63) is 71.2 Å². The predicted molar refractivity (Wildman–Crippen MR) is 125 cm³/mol. The highest BCUT2D eigenvalue weighted by atomic mass is 35.5. The maximum atomic E-state index is 13.9. The Bertz CT molecular complexity index is 1320. The molecule has 0 spiro atoms. The fourth-order valence-electron chi connectivity index (χ4n) is 3.37. The molecule has 3 aromatic heterocycles. The number of carbonyl (C=O) groups excluding carboxylic acids is 1. The van der Waals surface area contributed by atoms with Crippen molar-refractivity contribution in [2.75, 3.05) is 13.7 Å². The van der Waals surface area contributed by atoms with Gasteiger partial charge in [0.2, 0.25) is 5.88 Å². The monoisotopic (exact) mass is 499 g/mol. The fraction of sp³-hybridized carbons (Fsp3) is 0.273. The van der Waals surface area contributed by atoms with Crippen molar-refractivity contribution in [2.24, 2.45) is 0 Å². The van der Waals surface area contributed by atoms with Gasteiger partial charge in [-0.3, -0.25) is 0 Å². The second-order valence-electron chi connectivity index (χ2n) is 7.41. The van der Waals surface area contributed by atoms with Crippen LogP contribution in [0, 0.1) is 12.7 Å². The van der Waals surface area contributed by atoms with Crippen molar-refractivity contribution in [2.45, 2.75) is 26.9 Å². The van der Waals surface area contributed by atoms with E-state index in [9.17, 15) is 9.18 Å². The summed E-state index contributed by atoms with van der Waals surface area (Å²) in [5, 5.41) is 11.4. The molecule has 3 heterocycles. The van der Waals surface area contributed by atoms with E-state index in [4.69, 9.17) is 16.3 Å². The molecule has 0 aliphatic rings. The number of amides is 2. The van der Waals surface area contributed by atoms with Crippen LogP contribution in [-0.2, 0) is 13.1 Å². The molecule has 0 aliphatic heterocycles. The quantitative estimate of drug-likeness (QED) is 0.396. The number of benzene rings is 1. The summed E-state index contributed by atoms with van der Waals surface area (Å²) in [6.45, 7) is 4.29. The minimum absolute atomic E-state index is 0.0114. The molecule has 0 atom stereocenters. The summed E-state index contributed by atoms with van der Waals surface area (Å²) >= 11 is 5.79.